The monoisotopic (exact) mass is 396 g/mol. The summed E-state index contributed by atoms with van der Waals surface area (Å²) >= 11 is 0. The van der Waals surface area contributed by atoms with Crippen molar-refractivity contribution in [3.8, 4) is 6.07 Å². The number of aromatic nitrogens is 1. The average Bonchev–Trinajstić information content (AvgIpc) is 3.16. The Morgan fingerprint density at radius 2 is 1.97 bits per heavy atom. The zero-order chi connectivity index (χ0) is 20.9. The van der Waals surface area contributed by atoms with Gasteiger partial charge in [-0.3, -0.25) is 14.2 Å². The minimum atomic E-state index is -1.02. The molecule has 1 aromatic carbocycles. The first-order chi connectivity index (χ1) is 14.0. The molecule has 0 saturated heterocycles. The van der Waals surface area contributed by atoms with E-state index in [1.165, 1.54) is 4.57 Å². The van der Waals surface area contributed by atoms with Gasteiger partial charge < -0.3 is 15.4 Å². The van der Waals surface area contributed by atoms with Gasteiger partial charge in [0.25, 0.3) is 5.91 Å². The van der Waals surface area contributed by atoms with E-state index in [-0.39, 0.29) is 19.1 Å². The lowest BCUT2D eigenvalue weighted by atomic mass is 9.80. The van der Waals surface area contributed by atoms with Crippen LogP contribution in [0.2, 0.25) is 0 Å². The minimum Gasteiger partial charge on any atom is -0.449 e. The van der Waals surface area contributed by atoms with Gasteiger partial charge in [0.05, 0.1) is 18.2 Å². The van der Waals surface area contributed by atoms with Crippen LogP contribution >= 0.6 is 0 Å². The lowest BCUT2D eigenvalue weighted by molar-refractivity contribution is -0.128. The molecule has 8 nitrogen and oxygen atoms in total. The molecule has 29 heavy (non-hydrogen) atoms. The molecule has 152 valence electrons. The molecule has 0 radical (unpaired) electrons. The summed E-state index contributed by atoms with van der Waals surface area (Å²) in [4.78, 5) is 37.8. The number of benzene rings is 1. The molecule has 2 N–H and O–H groups in total. The van der Waals surface area contributed by atoms with Gasteiger partial charge in [0.15, 0.2) is 0 Å². The van der Waals surface area contributed by atoms with Crippen molar-refractivity contribution in [3.63, 3.8) is 0 Å². The summed E-state index contributed by atoms with van der Waals surface area (Å²) in [6.07, 6.45) is 4.79. The van der Waals surface area contributed by atoms with E-state index in [9.17, 15) is 14.4 Å². The Kier molecular flexibility index (Phi) is 6.17. The van der Waals surface area contributed by atoms with E-state index in [2.05, 4.69) is 10.6 Å². The third-order valence-electron chi connectivity index (χ3n) is 5.24. The summed E-state index contributed by atoms with van der Waals surface area (Å²) in [6, 6.07) is 8.70. The average molecular weight is 396 g/mol. The van der Waals surface area contributed by atoms with Crippen LogP contribution in [0.15, 0.2) is 30.5 Å². The SMILES string of the molecule is CCOC(=O)n1ccc2ccc(C(=O)NC3(C(=O)NCC#N)CCCCC3)cc21. The maximum absolute atomic E-state index is 13.0. The van der Waals surface area contributed by atoms with E-state index >= 15 is 0 Å². The van der Waals surface area contributed by atoms with Crippen LogP contribution in [0.5, 0.6) is 0 Å². The Balaban J connectivity index is 1.87. The number of hydrogen-bond acceptors (Lipinski definition) is 5. The van der Waals surface area contributed by atoms with Crippen molar-refractivity contribution in [2.45, 2.75) is 44.6 Å². The Labute approximate surface area is 168 Å². The predicted molar refractivity (Wildman–Crippen MR) is 106 cm³/mol. The van der Waals surface area contributed by atoms with E-state index in [4.69, 9.17) is 10.00 Å². The summed E-state index contributed by atoms with van der Waals surface area (Å²) in [5.41, 5.74) is -0.118. The van der Waals surface area contributed by atoms with E-state index in [0.29, 0.717) is 23.9 Å². The topological polar surface area (TPSA) is 113 Å². The normalized spacial score (nSPS) is 15.3. The van der Waals surface area contributed by atoms with Crippen molar-refractivity contribution < 1.29 is 19.1 Å². The number of nitrogens with one attached hydrogen (secondary N) is 2. The van der Waals surface area contributed by atoms with Crippen molar-refractivity contribution in [2.75, 3.05) is 13.2 Å². The highest BCUT2D eigenvalue weighted by atomic mass is 16.5. The van der Waals surface area contributed by atoms with E-state index < -0.39 is 17.5 Å². The van der Waals surface area contributed by atoms with E-state index in [1.807, 2.05) is 6.07 Å². The summed E-state index contributed by atoms with van der Waals surface area (Å²) in [5, 5.41) is 15.0. The molecule has 0 bridgehead atoms. The number of amides is 2. The molecule has 1 saturated carbocycles. The number of carbonyl (C=O) groups excluding carboxylic acids is 3. The number of ether oxygens (including phenoxy) is 1. The molecule has 3 rings (SSSR count). The van der Waals surface area contributed by atoms with Crippen molar-refractivity contribution in [1.82, 2.24) is 15.2 Å². The Morgan fingerprint density at radius 3 is 2.66 bits per heavy atom. The van der Waals surface area contributed by atoms with Crippen molar-refractivity contribution in [1.29, 1.82) is 5.26 Å². The third-order valence-corrected chi connectivity index (χ3v) is 5.24. The molecule has 1 heterocycles. The van der Waals surface area contributed by atoms with Crippen LogP contribution < -0.4 is 10.6 Å². The molecule has 0 atom stereocenters. The van der Waals surface area contributed by atoms with Gasteiger partial charge in [0, 0.05) is 17.1 Å². The van der Waals surface area contributed by atoms with Crippen LogP contribution in [0.4, 0.5) is 4.79 Å². The van der Waals surface area contributed by atoms with Crippen molar-refractivity contribution in [3.05, 3.63) is 36.0 Å². The van der Waals surface area contributed by atoms with Crippen LogP contribution in [0.3, 0.4) is 0 Å². The first-order valence-electron chi connectivity index (χ1n) is 9.77. The maximum Gasteiger partial charge on any atom is 0.418 e. The Morgan fingerprint density at radius 1 is 1.21 bits per heavy atom. The number of fused-ring (bicyclic) bond motifs is 1. The molecule has 0 unspecified atom stereocenters. The molecule has 8 heteroatoms. The summed E-state index contributed by atoms with van der Waals surface area (Å²) in [6.45, 7) is 1.87. The van der Waals surface area contributed by atoms with Gasteiger partial charge in [-0.25, -0.2) is 4.79 Å². The molecule has 1 aliphatic rings. The number of nitrogens with zero attached hydrogens (tertiary/aromatic N) is 2. The van der Waals surface area contributed by atoms with Gasteiger partial charge in [-0.1, -0.05) is 25.3 Å². The maximum atomic E-state index is 13.0. The zero-order valence-electron chi connectivity index (χ0n) is 16.4. The molecule has 2 aromatic rings. The van der Waals surface area contributed by atoms with Gasteiger partial charge in [-0.15, -0.1) is 0 Å². The second-order valence-electron chi connectivity index (χ2n) is 7.10. The Bertz CT molecular complexity index is 967. The molecular formula is C21H24N4O4. The van der Waals surface area contributed by atoms with Crippen LogP contribution in [-0.4, -0.2) is 41.2 Å². The highest BCUT2D eigenvalue weighted by Crippen LogP contribution is 2.29. The third kappa shape index (κ3) is 4.24. The summed E-state index contributed by atoms with van der Waals surface area (Å²) in [5.74, 6) is -0.722. The van der Waals surface area contributed by atoms with Crippen LogP contribution in [0.1, 0.15) is 49.4 Å². The molecule has 2 amide bonds. The largest absolute Gasteiger partial charge is 0.449 e. The second kappa shape index (κ2) is 8.78. The second-order valence-corrected chi connectivity index (χ2v) is 7.10. The fraction of sp³-hybridized carbons (Fsp3) is 0.429. The van der Waals surface area contributed by atoms with Crippen LogP contribution in [0.25, 0.3) is 10.9 Å². The lowest BCUT2D eigenvalue weighted by Crippen LogP contribution is -2.59. The summed E-state index contributed by atoms with van der Waals surface area (Å²) < 4.78 is 6.40. The van der Waals surface area contributed by atoms with Gasteiger partial charge in [0.1, 0.15) is 12.1 Å². The summed E-state index contributed by atoms with van der Waals surface area (Å²) in [7, 11) is 0. The highest BCUT2D eigenvalue weighted by Gasteiger charge is 2.40. The Hall–Kier alpha value is -3.34. The molecule has 1 aliphatic carbocycles. The number of carbonyl (C=O) groups is 3. The van der Waals surface area contributed by atoms with Gasteiger partial charge >= 0.3 is 6.09 Å². The lowest BCUT2D eigenvalue weighted by Gasteiger charge is -2.36. The van der Waals surface area contributed by atoms with Crippen LogP contribution in [0, 0.1) is 11.3 Å². The van der Waals surface area contributed by atoms with E-state index in [1.54, 1.807) is 37.4 Å². The van der Waals surface area contributed by atoms with Crippen LogP contribution in [-0.2, 0) is 9.53 Å². The van der Waals surface area contributed by atoms with Crippen molar-refractivity contribution >= 4 is 28.8 Å². The first kappa shape index (κ1) is 20.4. The zero-order valence-corrected chi connectivity index (χ0v) is 16.4. The van der Waals surface area contributed by atoms with Gasteiger partial charge in [-0.05, 0) is 38.0 Å². The fourth-order valence-electron chi connectivity index (χ4n) is 3.76. The van der Waals surface area contributed by atoms with Gasteiger partial charge in [0.2, 0.25) is 5.91 Å². The molecular weight excluding hydrogens is 372 g/mol. The van der Waals surface area contributed by atoms with Crippen molar-refractivity contribution in [2.24, 2.45) is 0 Å². The molecule has 1 aromatic heterocycles. The van der Waals surface area contributed by atoms with E-state index in [0.717, 1.165) is 24.6 Å². The molecule has 0 aliphatic heterocycles. The highest BCUT2D eigenvalue weighted by molar-refractivity contribution is 6.02. The molecule has 1 fully saturated rings. The smallest absolute Gasteiger partial charge is 0.418 e. The minimum absolute atomic E-state index is 0.102. The quantitative estimate of drug-likeness (QED) is 0.755. The molecule has 0 spiro atoms. The predicted octanol–water partition coefficient (Wildman–Crippen LogP) is 2.72. The fourth-order valence-corrected chi connectivity index (χ4v) is 3.76. The number of hydrogen-bond donors (Lipinski definition) is 2. The first-order valence-corrected chi connectivity index (χ1v) is 9.77. The van der Waals surface area contributed by atoms with Gasteiger partial charge in [-0.2, -0.15) is 5.26 Å². The number of nitriles is 1. The standard InChI is InChI=1S/C21H24N4O4/c1-2-29-20(28)25-13-8-15-6-7-16(14-17(15)25)18(26)24-21(9-4-3-5-10-21)19(27)23-12-11-22/h6-8,13-14H,2-5,9-10,12H2,1H3,(H,23,27)(H,24,26). The number of rotatable bonds is 5.